The number of carbonyl (C=O) groups excluding carboxylic acids is 1. The molecule has 3 nitrogen and oxygen atoms in total. The SMILES string of the molecule is CCCCC(C)=CC(=O)NCc1ccccn1. The summed E-state index contributed by atoms with van der Waals surface area (Å²) < 4.78 is 0. The van der Waals surface area contributed by atoms with Crippen LogP contribution in [0.3, 0.4) is 0 Å². The van der Waals surface area contributed by atoms with Gasteiger partial charge < -0.3 is 5.32 Å². The highest BCUT2D eigenvalue weighted by molar-refractivity contribution is 5.88. The minimum Gasteiger partial charge on any atom is -0.347 e. The number of hydrogen-bond acceptors (Lipinski definition) is 2. The standard InChI is InChI=1S/C14H20N2O/c1-3-4-7-12(2)10-14(17)16-11-13-8-5-6-9-15-13/h5-6,8-10H,3-4,7,11H2,1-2H3,(H,16,17). The normalized spacial score (nSPS) is 11.3. The zero-order valence-corrected chi connectivity index (χ0v) is 10.6. The molecule has 0 spiro atoms. The molecule has 1 aromatic heterocycles. The minimum absolute atomic E-state index is 0.0377. The van der Waals surface area contributed by atoms with Gasteiger partial charge in [-0.1, -0.05) is 25.0 Å². The van der Waals surface area contributed by atoms with Crippen LogP contribution in [-0.2, 0) is 11.3 Å². The lowest BCUT2D eigenvalue weighted by Gasteiger charge is -2.03. The molecule has 0 aliphatic carbocycles. The Kier molecular flexibility index (Phi) is 6.00. The van der Waals surface area contributed by atoms with Gasteiger partial charge in [-0.25, -0.2) is 0 Å². The molecule has 92 valence electrons. The summed E-state index contributed by atoms with van der Waals surface area (Å²) in [6.45, 7) is 4.63. The van der Waals surface area contributed by atoms with E-state index >= 15 is 0 Å². The quantitative estimate of drug-likeness (QED) is 0.766. The molecule has 0 bridgehead atoms. The van der Waals surface area contributed by atoms with Crippen molar-refractivity contribution in [1.29, 1.82) is 0 Å². The van der Waals surface area contributed by atoms with Crippen LogP contribution >= 0.6 is 0 Å². The second-order valence-electron chi connectivity index (χ2n) is 4.13. The van der Waals surface area contributed by atoms with Gasteiger partial charge in [0, 0.05) is 12.3 Å². The molecule has 0 aliphatic heterocycles. The van der Waals surface area contributed by atoms with Crippen molar-refractivity contribution in [1.82, 2.24) is 10.3 Å². The van der Waals surface area contributed by atoms with Crippen LogP contribution in [0.1, 0.15) is 38.8 Å². The van der Waals surface area contributed by atoms with Crippen LogP contribution in [0, 0.1) is 0 Å². The number of rotatable bonds is 6. The second-order valence-corrected chi connectivity index (χ2v) is 4.13. The molecular weight excluding hydrogens is 212 g/mol. The number of hydrogen-bond donors (Lipinski definition) is 1. The maximum absolute atomic E-state index is 11.6. The van der Waals surface area contributed by atoms with Gasteiger partial charge in [0.15, 0.2) is 0 Å². The Labute approximate surface area is 103 Å². The monoisotopic (exact) mass is 232 g/mol. The fourth-order valence-corrected chi connectivity index (χ4v) is 1.48. The summed E-state index contributed by atoms with van der Waals surface area (Å²) in [5.41, 5.74) is 2.01. The zero-order chi connectivity index (χ0) is 12.5. The fourth-order valence-electron chi connectivity index (χ4n) is 1.48. The van der Waals surface area contributed by atoms with Crippen molar-refractivity contribution in [3.05, 3.63) is 41.7 Å². The molecule has 0 radical (unpaired) electrons. The topological polar surface area (TPSA) is 42.0 Å². The summed E-state index contributed by atoms with van der Waals surface area (Å²) in [6, 6.07) is 5.67. The number of amides is 1. The third-order valence-electron chi connectivity index (χ3n) is 2.47. The van der Waals surface area contributed by atoms with E-state index in [1.54, 1.807) is 12.3 Å². The van der Waals surface area contributed by atoms with Crippen LogP contribution in [-0.4, -0.2) is 10.9 Å². The van der Waals surface area contributed by atoms with E-state index in [0.717, 1.165) is 30.5 Å². The number of nitrogens with zero attached hydrogens (tertiary/aromatic N) is 1. The van der Waals surface area contributed by atoms with Gasteiger partial charge in [-0.05, 0) is 31.9 Å². The molecule has 0 unspecified atom stereocenters. The van der Waals surface area contributed by atoms with Crippen LogP contribution in [0.4, 0.5) is 0 Å². The Morgan fingerprint density at radius 2 is 2.29 bits per heavy atom. The van der Waals surface area contributed by atoms with Gasteiger partial charge in [-0.2, -0.15) is 0 Å². The van der Waals surface area contributed by atoms with Crippen molar-refractivity contribution in [3.63, 3.8) is 0 Å². The zero-order valence-electron chi connectivity index (χ0n) is 10.6. The molecule has 1 rings (SSSR count). The average molecular weight is 232 g/mol. The first-order valence-corrected chi connectivity index (χ1v) is 6.07. The van der Waals surface area contributed by atoms with E-state index < -0.39 is 0 Å². The number of pyridine rings is 1. The average Bonchev–Trinajstić information content (AvgIpc) is 2.35. The highest BCUT2D eigenvalue weighted by Crippen LogP contribution is 2.05. The Morgan fingerprint density at radius 1 is 1.47 bits per heavy atom. The Morgan fingerprint density at radius 3 is 2.94 bits per heavy atom. The number of unbranched alkanes of at least 4 members (excludes halogenated alkanes) is 1. The van der Waals surface area contributed by atoms with Gasteiger partial charge >= 0.3 is 0 Å². The number of aromatic nitrogens is 1. The summed E-state index contributed by atoms with van der Waals surface area (Å²) in [5.74, 6) is -0.0377. The van der Waals surface area contributed by atoms with Crippen LogP contribution in [0.25, 0.3) is 0 Å². The molecule has 0 aromatic carbocycles. The first-order chi connectivity index (χ1) is 8.22. The van der Waals surface area contributed by atoms with E-state index in [9.17, 15) is 4.79 Å². The molecule has 0 fully saturated rings. The molecule has 1 amide bonds. The van der Waals surface area contributed by atoms with E-state index in [-0.39, 0.29) is 5.91 Å². The van der Waals surface area contributed by atoms with E-state index in [1.165, 1.54) is 0 Å². The predicted octanol–water partition coefficient (Wildman–Crippen LogP) is 2.83. The summed E-state index contributed by atoms with van der Waals surface area (Å²) in [5, 5.41) is 2.83. The summed E-state index contributed by atoms with van der Waals surface area (Å²) in [4.78, 5) is 15.7. The van der Waals surface area contributed by atoms with Crippen molar-refractivity contribution in [2.24, 2.45) is 0 Å². The maximum atomic E-state index is 11.6. The van der Waals surface area contributed by atoms with E-state index in [1.807, 2.05) is 25.1 Å². The molecule has 3 heteroatoms. The molecule has 17 heavy (non-hydrogen) atoms. The van der Waals surface area contributed by atoms with Crippen LogP contribution in [0.2, 0.25) is 0 Å². The molecule has 1 heterocycles. The second kappa shape index (κ2) is 7.60. The van der Waals surface area contributed by atoms with Gasteiger partial charge in [-0.15, -0.1) is 0 Å². The summed E-state index contributed by atoms with van der Waals surface area (Å²) >= 11 is 0. The predicted molar refractivity (Wildman–Crippen MR) is 69.4 cm³/mol. The first kappa shape index (κ1) is 13.4. The number of carbonyl (C=O) groups is 1. The van der Waals surface area contributed by atoms with Gasteiger partial charge in [0.1, 0.15) is 0 Å². The van der Waals surface area contributed by atoms with Crippen molar-refractivity contribution >= 4 is 5.91 Å². The maximum Gasteiger partial charge on any atom is 0.244 e. The third-order valence-corrected chi connectivity index (χ3v) is 2.47. The van der Waals surface area contributed by atoms with Crippen molar-refractivity contribution in [3.8, 4) is 0 Å². The van der Waals surface area contributed by atoms with E-state index in [0.29, 0.717) is 6.54 Å². The van der Waals surface area contributed by atoms with Crippen molar-refractivity contribution in [2.45, 2.75) is 39.7 Å². The smallest absolute Gasteiger partial charge is 0.244 e. The van der Waals surface area contributed by atoms with Gasteiger partial charge in [-0.3, -0.25) is 9.78 Å². The molecule has 0 saturated heterocycles. The van der Waals surface area contributed by atoms with E-state index in [2.05, 4.69) is 17.2 Å². The summed E-state index contributed by atoms with van der Waals surface area (Å²) in [7, 11) is 0. The van der Waals surface area contributed by atoms with Gasteiger partial charge in [0.05, 0.1) is 12.2 Å². The molecule has 1 aromatic rings. The number of allylic oxidation sites excluding steroid dienone is 1. The fraction of sp³-hybridized carbons (Fsp3) is 0.429. The highest BCUT2D eigenvalue weighted by Gasteiger charge is 1.99. The highest BCUT2D eigenvalue weighted by atomic mass is 16.1. The molecular formula is C14H20N2O. The van der Waals surface area contributed by atoms with Gasteiger partial charge in [0.25, 0.3) is 0 Å². The van der Waals surface area contributed by atoms with Crippen molar-refractivity contribution in [2.75, 3.05) is 0 Å². The molecule has 0 aliphatic rings. The molecule has 0 atom stereocenters. The third kappa shape index (κ3) is 5.85. The van der Waals surface area contributed by atoms with E-state index in [4.69, 9.17) is 0 Å². The van der Waals surface area contributed by atoms with Crippen molar-refractivity contribution < 1.29 is 4.79 Å². The summed E-state index contributed by atoms with van der Waals surface area (Å²) in [6.07, 6.45) is 6.69. The van der Waals surface area contributed by atoms with Crippen LogP contribution < -0.4 is 5.32 Å². The Hall–Kier alpha value is -1.64. The Balaban J connectivity index is 2.35. The van der Waals surface area contributed by atoms with Crippen LogP contribution in [0.5, 0.6) is 0 Å². The number of nitrogens with one attached hydrogen (secondary N) is 1. The minimum atomic E-state index is -0.0377. The Bertz CT molecular complexity index is 371. The van der Waals surface area contributed by atoms with Gasteiger partial charge in [0.2, 0.25) is 5.91 Å². The molecule has 1 N–H and O–H groups in total. The lowest BCUT2D eigenvalue weighted by molar-refractivity contribution is -0.116. The lowest BCUT2D eigenvalue weighted by Crippen LogP contribution is -2.21. The lowest BCUT2D eigenvalue weighted by atomic mass is 10.1. The van der Waals surface area contributed by atoms with Crippen LogP contribution in [0.15, 0.2) is 36.0 Å². The molecule has 0 saturated carbocycles. The largest absolute Gasteiger partial charge is 0.347 e. The first-order valence-electron chi connectivity index (χ1n) is 6.07.